The summed E-state index contributed by atoms with van der Waals surface area (Å²) in [5, 5.41) is 0.899. The Labute approximate surface area is 104 Å². The number of ether oxygens (including phenoxy) is 1. The monoisotopic (exact) mass is 252 g/mol. The number of halogens is 1. The maximum absolute atomic E-state index is 13.1. The fourth-order valence-corrected chi connectivity index (χ4v) is 2.40. The maximum Gasteiger partial charge on any atom is 0.167 e. The number of rotatable bonds is 4. The molecular weight excluding hydrogens is 239 g/mol. The molecule has 0 aliphatic rings. The molecule has 2 rings (SSSR count). The molecule has 90 valence electrons. The molecule has 3 nitrogen and oxygen atoms in total. The second-order valence-corrected chi connectivity index (χ2v) is 4.51. The molecule has 2 aromatic rings. The van der Waals surface area contributed by atoms with Crippen LogP contribution >= 0.6 is 11.8 Å². The van der Waals surface area contributed by atoms with Crippen LogP contribution in [0.5, 0.6) is 5.75 Å². The normalized spacial score (nSPS) is 10.5. The van der Waals surface area contributed by atoms with E-state index in [-0.39, 0.29) is 5.82 Å². The van der Waals surface area contributed by atoms with E-state index in [0.717, 1.165) is 10.7 Å². The first-order chi connectivity index (χ1) is 8.20. The van der Waals surface area contributed by atoms with E-state index in [2.05, 4.69) is 4.98 Å². The highest BCUT2D eigenvalue weighted by atomic mass is 32.2. The van der Waals surface area contributed by atoms with Crippen LogP contribution in [0, 0.1) is 5.82 Å². The van der Waals surface area contributed by atoms with E-state index in [1.807, 2.05) is 17.8 Å². The predicted octanol–water partition coefficient (Wildman–Crippen LogP) is 2.86. The van der Waals surface area contributed by atoms with Crippen LogP contribution in [0.15, 0.2) is 35.7 Å². The highest BCUT2D eigenvalue weighted by Gasteiger charge is 2.07. The lowest BCUT2D eigenvalue weighted by Crippen LogP contribution is -1.94. The van der Waals surface area contributed by atoms with Crippen molar-refractivity contribution in [3.63, 3.8) is 0 Å². The van der Waals surface area contributed by atoms with Crippen molar-refractivity contribution in [1.29, 1.82) is 0 Å². The van der Waals surface area contributed by atoms with Crippen molar-refractivity contribution in [1.82, 2.24) is 9.55 Å². The Morgan fingerprint density at radius 1 is 1.47 bits per heavy atom. The van der Waals surface area contributed by atoms with Gasteiger partial charge in [0.05, 0.1) is 7.11 Å². The number of methoxy groups -OCH3 is 1. The first kappa shape index (κ1) is 12.0. The van der Waals surface area contributed by atoms with Crippen molar-refractivity contribution in [2.24, 2.45) is 7.05 Å². The maximum atomic E-state index is 13.1. The quantitative estimate of drug-likeness (QED) is 0.783. The minimum atomic E-state index is -0.249. The number of hydrogen-bond acceptors (Lipinski definition) is 3. The van der Waals surface area contributed by atoms with Gasteiger partial charge in [-0.1, -0.05) is 11.8 Å². The first-order valence-electron chi connectivity index (χ1n) is 5.13. The minimum Gasteiger partial charge on any atom is -0.496 e. The summed E-state index contributed by atoms with van der Waals surface area (Å²) in [4.78, 5) is 4.20. The van der Waals surface area contributed by atoms with Crippen molar-refractivity contribution in [2.75, 3.05) is 7.11 Å². The van der Waals surface area contributed by atoms with E-state index in [9.17, 15) is 4.39 Å². The summed E-state index contributed by atoms with van der Waals surface area (Å²) in [5.41, 5.74) is 0.834. The SMILES string of the molecule is COc1ccc(F)cc1CSc1nccn1C. The van der Waals surface area contributed by atoms with Gasteiger partial charge in [-0.3, -0.25) is 0 Å². The average Bonchev–Trinajstić information content (AvgIpc) is 2.72. The lowest BCUT2D eigenvalue weighted by atomic mass is 10.2. The number of aromatic nitrogens is 2. The van der Waals surface area contributed by atoms with Gasteiger partial charge in [-0.05, 0) is 18.2 Å². The standard InChI is InChI=1S/C12H13FN2OS/c1-15-6-5-14-12(15)17-8-9-7-10(13)3-4-11(9)16-2/h3-7H,8H2,1-2H3. The fourth-order valence-electron chi connectivity index (χ4n) is 1.49. The lowest BCUT2D eigenvalue weighted by Gasteiger charge is -2.08. The van der Waals surface area contributed by atoms with Gasteiger partial charge in [0.2, 0.25) is 0 Å². The van der Waals surface area contributed by atoms with E-state index in [1.165, 1.54) is 12.1 Å². The van der Waals surface area contributed by atoms with Crippen LogP contribution in [0.25, 0.3) is 0 Å². The predicted molar refractivity (Wildman–Crippen MR) is 65.7 cm³/mol. The van der Waals surface area contributed by atoms with Crippen molar-refractivity contribution in [3.8, 4) is 5.75 Å². The van der Waals surface area contributed by atoms with Gasteiger partial charge < -0.3 is 9.30 Å². The van der Waals surface area contributed by atoms with Crippen molar-refractivity contribution in [3.05, 3.63) is 42.0 Å². The molecule has 0 aliphatic heterocycles. The molecule has 0 unspecified atom stereocenters. The number of hydrogen-bond donors (Lipinski definition) is 0. The van der Waals surface area contributed by atoms with Crippen LogP contribution in [0.4, 0.5) is 4.39 Å². The zero-order valence-corrected chi connectivity index (χ0v) is 10.5. The molecule has 5 heteroatoms. The molecule has 1 aromatic heterocycles. The third-order valence-electron chi connectivity index (χ3n) is 2.38. The van der Waals surface area contributed by atoms with Crippen molar-refractivity contribution < 1.29 is 9.13 Å². The van der Waals surface area contributed by atoms with Gasteiger partial charge in [0.25, 0.3) is 0 Å². The van der Waals surface area contributed by atoms with Gasteiger partial charge in [-0.25, -0.2) is 9.37 Å². The molecule has 0 spiro atoms. The van der Waals surface area contributed by atoms with Crippen molar-refractivity contribution >= 4 is 11.8 Å². The van der Waals surface area contributed by atoms with Crippen LogP contribution in [0.3, 0.4) is 0 Å². The summed E-state index contributed by atoms with van der Waals surface area (Å²) in [6, 6.07) is 4.53. The molecule has 0 radical (unpaired) electrons. The molecule has 0 fully saturated rings. The van der Waals surface area contributed by atoms with Crippen LogP contribution in [0.2, 0.25) is 0 Å². The van der Waals surface area contributed by atoms with E-state index in [1.54, 1.807) is 31.1 Å². The van der Waals surface area contributed by atoms with Crippen molar-refractivity contribution in [2.45, 2.75) is 10.9 Å². The molecular formula is C12H13FN2OS. The molecule has 0 N–H and O–H groups in total. The van der Waals surface area contributed by atoms with Crippen LogP contribution in [-0.2, 0) is 12.8 Å². The number of thioether (sulfide) groups is 1. The van der Waals surface area contributed by atoms with Gasteiger partial charge in [0.15, 0.2) is 5.16 Å². The average molecular weight is 252 g/mol. The summed E-state index contributed by atoms with van der Waals surface area (Å²) < 4.78 is 20.3. The first-order valence-corrected chi connectivity index (χ1v) is 6.12. The number of imidazole rings is 1. The highest BCUT2D eigenvalue weighted by Crippen LogP contribution is 2.27. The summed E-state index contributed by atoms with van der Waals surface area (Å²) in [6.45, 7) is 0. The topological polar surface area (TPSA) is 27.1 Å². The van der Waals surface area contributed by atoms with E-state index in [0.29, 0.717) is 11.5 Å². The minimum absolute atomic E-state index is 0.249. The van der Waals surface area contributed by atoms with E-state index >= 15 is 0 Å². The zero-order valence-electron chi connectivity index (χ0n) is 9.68. The molecule has 0 bridgehead atoms. The fraction of sp³-hybridized carbons (Fsp3) is 0.250. The van der Waals surface area contributed by atoms with E-state index in [4.69, 9.17) is 4.74 Å². The molecule has 0 aliphatic carbocycles. The number of aryl methyl sites for hydroxylation is 1. The lowest BCUT2D eigenvalue weighted by molar-refractivity contribution is 0.410. The molecule has 0 amide bonds. The van der Waals surface area contributed by atoms with Gasteiger partial charge >= 0.3 is 0 Å². The summed E-state index contributed by atoms with van der Waals surface area (Å²) in [5.74, 6) is 1.08. The molecule has 0 atom stereocenters. The Kier molecular flexibility index (Phi) is 3.68. The molecule has 0 saturated heterocycles. The Morgan fingerprint density at radius 3 is 2.94 bits per heavy atom. The van der Waals surface area contributed by atoms with Crippen LogP contribution < -0.4 is 4.74 Å². The summed E-state index contributed by atoms with van der Waals surface area (Å²) >= 11 is 1.55. The van der Waals surface area contributed by atoms with Crippen LogP contribution in [0.1, 0.15) is 5.56 Å². The highest BCUT2D eigenvalue weighted by molar-refractivity contribution is 7.98. The smallest absolute Gasteiger partial charge is 0.167 e. The van der Waals surface area contributed by atoms with Gasteiger partial charge in [-0.2, -0.15) is 0 Å². The van der Waals surface area contributed by atoms with E-state index < -0.39 is 0 Å². The third-order valence-corrected chi connectivity index (χ3v) is 3.48. The Hall–Kier alpha value is -1.49. The Balaban J connectivity index is 2.13. The molecule has 1 aromatic carbocycles. The number of benzene rings is 1. The molecule has 0 saturated carbocycles. The summed E-state index contributed by atoms with van der Waals surface area (Å²) in [6.07, 6.45) is 3.62. The van der Waals surface area contributed by atoms with Gasteiger partial charge in [0.1, 0.15) is 11.6 Å². The molecule has 1 heterocycles. The molecule has 17 heavy (non-hydrogen) atoms. The largest absolute Gasteiger partial charge is 0.496 e. The second kappa shape index (κ2) is 5.23. The van der Waals surface area contributed by atoms with Crippen LogP contribution in [-0.4, -0.2) is 16.7 Å². The Bertz CT molecular complexity index is 513. The Morgan fingerprint density at radius 2 is 2.29 bits per heavy atom. The second-order valence-electron chi connectivity index (χ2n) is 3.57. The number of nitrogens with zero attached hydrogens (tertiary/aromatic N) is 2. The van der Waals surface area contributed by atoms with Gasteiger partial charge in [0, 0.05) is 30.8 Å². The summed E-state index contributed by atoms with van der Waals surface area (Å²) in [7, 11) is 3.51. The zero-order chi connectivity index (χ0) is 12.3. The third kappa shape index (κ3) is 2.79. The van der Waals surface area contributed by atoms with Gasteiger partial charge in [-0.15, -0.1) is 0 Å².